The highest BCUT2D eigenvalue weighted by atomic mass is 32.2. The molecule has 2 N–H and O–H groups in total. The number of hydrogen-bond acceptors (Lipinski definition) is 4. The topological polar surface area (TPSA) is 81.6 Å². The lowest BCUT2D eigenvalue weighted by Gasteiger charge is -2.04. The van der Waals surface area contributed by atoms with Crippen molar-refractivity contribution in [3.8, 4) is 6.07 Å². The molecular weight excluding hydrogens is 351 g/mol. The second-order valence-corrected chi connectivity index (χ2v) is 6.73. The Hall–Kier alpha value is -2.85. The summed E-state index contributed by atoms with van der Waals surface area (Å²) in [4.78, 5) is 19.3. The number of fused-ring (bicyclic) bond motifs is 1. The van der Waals surface area contributed by atoms with E-state index in [-0.39, 0.29) is 11.7 Å². The maximum atomic E-state index is 13.2. The number of nitrogens with one attached hydrogen (secondary N) is 2. The molecule has 0 radical (unpaired) electrons. The Labute approximate surface area is 154 Å². The monoisotopic (exact) mass is 368 g/mol. The first-order valence-corrected chi connectivity index (χ1v) is 9.27. The third kappa shape index (κ3) is 4.83. The zero-order valence-corrected chi connectivity index (χ0v) is 14.8. The number of thioether (sulfide) groups is 1. The second-order valence-electron chi connectivity index (χ2n) is 5.75. The fraction of sp³-hybridized carbons (Fsp3) is 0.211. The summed E-state index contributed by atoms with van der Waals surface area (Å²) in [5.74, 6) is 1.46. The summed E-state index contributed by atoms with van der Waals surface area (Å²) in [6, 6.07) is 13.8. The average molecular weight is 368 g/mol. The van der Waals surface area contributed by atoms with Crippen LogP contribution >= 0.6 is 11.8 Å². The largest absolute Gasteiger partial charge is 0.355 e. The van der Waals surface area contributed by atoms with E-state index < -0.39 is 0 Å². The van der Waals surface area contributed by atoms with Crippen molar-refractivity contribution in [3.05, 3.63) is 65.2 Å². The summed E-state index contributed by atoms with van der Waals surface area (Å²) in [5, 5.41) is 11.6. The predicted molar refractivity (Wildman–Crippen MR) is 100 cm³/mol. The van der Waals surface area contributed by atoms with Gasteiger partial charge in [-0.05, 0) is 35.9 Å². The van der Waals surface area contributed by atoms with E-state index in [4.69, 9.17) is 5.26 Å². The molecule has 0 aliphatic rings. The van der Waals surface area contributed by atoms with Crippen molar-refractivity contribution >= 4 is 28.7 Å². The molecule has 0 saturated carbocycles. The maximum absolute atomic E-state index is 13.2. The van der Waals surface area contributed by atoms with Gasteiger partial charge >= 0.3 is 0 Å². The Bertz CT molecular complexity index is 946. The molecule has 7 heteroatoms. The van der Waals surface area contributed by atoms with Gasteiger partial charge in [0.15, 0.2) is 0 Å². The van der Waals surface area contributed by atoms with Crippen molar-refractivity contribution in [2.24, 2.45) is 0 Å². The van der Waals surface area contributed by atoms with Crippen LogP contribution in [0.5, 0.6) is 0 Å². The van der Waals surface area contributed by atoms with Crippen LogP contribution in [0.1, 0.15) is 17.0 Å². The van der Waals surface area contributed by atoms with Crippen molar-refractivity contribution in [1.29, 1.82) is 5.26 Å². The van der Waals surface area contributed by atoms with Crippen LogP contribution in [-0.4, -0.2) is 28.2 Å². The highest BCUT2D eigenvalue weighted by Crippen LogP contribution is 2.14. The molecule has 0 aliphatic heterocycles. The van der Waals surface area contributed by atoms with Gasteiger partial charge in [0.1, 0.15) is 11.6 Å². The van der Waals surface area contributed by atoms with Gasteiger partial charge in [-0.2, -0.15) is 5.26 Å². The SMILES string of the molecule is N#Cc1ccc(CSCC(=O)NCCc2nc3ccc(F)cc3[nH]2)cc1. The van der Waals surface area contributed by atoms with E-state index in [1.807, 2.05) is 12.1 Å². The standard InChI is InChI=1S/C19H17FN4OS/c20-15-5-6-16-17(9-15)24-18(23-16)7-8-22-19(25)12-26-11-14-3-1-13(10-21)2-4-14/h1-6,9H,7-8,11-12H2,(H,22,25)(H,23,24). The minimum atomic E-state index is -0.305. The van der Waals surface area contributed by atoms with Crippen LogP contribution in [0.4, 0.5) is 4.39 Å². The number of carbonyl (C=O) groups is 1. The maximum Gasteiger partial charge on any atom is 0.230 e. The number of hydrogen-bond donors (Lipinski definition) is 2. The number of nitriles is 1. The van der Waals surface area contributed by atoms with E-state index in [2.05, 4.69) is 21.4 Å². The molecule has 0 fully saturated rings. The van der Waals surface area contributed by atoms with Gasteiger partial charge < -0.3 is 10.3 Å². The van der Waals surface area contributed by atoms with Crippen molar-refractivity contribution in [2.75, 3.05) is 12.3 Å². The van der Waals surface area contributed by atoms with Gasteiger partial charge in [0.2, 0.25) is 5.91 Å². The smallest absolute Gasteiger partial charge is 0.230 e. The molecular formula is C19H17FN4OS. The second kappa shape index (κ2) is 8.50. The van der Waals surface area contributed by atoms with Gasteiger partial charge in [-0.3, -0.25) is 4.79 Å². The summed E-state index contributed by atoms with van der Waals surface area (Å²) < 4.78 is 13.2. The first-order chi connectivity index (χ1) is 12.6. The lowest BCUT2D eigenvalue weighted by atomic mass is 10.2. The van der Waals surface area contributed by atoms with Crippen LogP contribution in [-0.2, 0) is 17.0 Å². The normalized spacial score (nSPS) is 10.6. The molecule has 1 aromatic heterocycles. The number of rotatable bonds is 7. The Morgan fingerprint density at radius 3 is 2.85 bits per heavy atom. The van der Waals surface area contributed by atoms with E-state index in [1.165, 1.54) is 23.9 Å². The zero-order valence-electron chi connectivity index (χ0n) is 14.0. The molecule has 0 atom stereocenters. The molecule has 0 spiro atoms. The average Bonchev–Trinajstić information content (AvgIpc) is 3.04. The van der Waals surface area contributed by atoms with E-state index in [9.17, 15) is 9.18 Å². The Balaban J connectivity index is 1.38. The molecule has 5 nitrogen and oxygen atoms in total. The number of halogens is 1. The van der Waals surface area contributed by atoms with E-state index >= 15 is 0 Å². The number of benzene rings is 2. The highest BCUT2D eigenvalue weighted by molar-refractivity contribution is 7.99. The van der Waals surface area contributed by atoms with Crippen molar-refractivity contribution < 1.29 is 9.18 Å². The van der Waals surface area contributed by atoms with Crippen LogP contribution in [0.3, 0.4) is 0 Å². The fourth-order valence-corrected chi connectivity index (χ4v) is 3.28. The number of aromatic nitrogens is 2. The summed E-state index contributed by atoms with van der Waals surface area (Å²) >= 11 is 1.52. The van der Waals surface area contributed by atoms with Crippen LogP contribution in [0.15, 0.2) is 42.5 Å². The predicted octanol–water partition coefficient (Wildman–Crippen LogP) is 3.17. The minimum Gasteiger partial charge on any atom is -0.355 e. The molecule has 0 aliphatic carbocycles. The first kappa shape index (κ1) is 18.0. The van der Waals surface area contributed by atoms with Crippen LogP contribution < -0.4 is 5.32 Å². The van der Waals surface area contributed by atoms with Crippen molar-refractivity contribution in [3.63, 3.8) is 0 Å². The number of nitrogens with zero attached hydrogens (tertiary/aromatic N) is 2. The van der Waals surface area contributed by atoms with Crippen molar-refractivity contribution in [1.82, 2.24) is 15.3 Å². The van der Waals surface area contributed by atoms with Crippen molar-refractivity contribution in [2.45, 2.75) is 12.2 Å². The summed E-state index contributed by atoms with van der Waals surface area (Å²) in [7, 11) is 0. The summed E-state index contributed by atoms with van der Waals surface area (Å²) in [6.07, 6.45) is 0.558. The lowest BCUT2D eigenvalue weighted by molar-refractivity contribution is -0.118. The number of H-pyrrole nitrogens is 1. The van der Waals surface area contributed by atoms with Gasteiger partial charge in [-0.1, -0.05) is 12.1 Å². The third-order valence-electron chi connectivity index (χ3n) is 3.76. The van der Waals surface area contributed by atoms with Gasteiger partial charge in [-0.25, -0.2) is 9.37 Å². The first-order valence-electron chi connectivity index (χ1n) is 8.11. The van der Waals surface area contributed by atoms with Gasteiger partial charge in [-0.15, -0.1) is 11.8 Å². The Morgan fingerprint density at radius 2 is 2.08 bits per heavy atom. The van der Waals surface area contributed by atoms with E-state index in [1.54, 1.807) is 18.2 Å². The molecule has 2 aromatic carbocycles. The number of imidazole rings is 1. The lowest BCUT2D eigenvalue weighted by Crippen LogP contribution is -2.27. The molecule has 1 amide bonds. The molecule has 1 heterocycles. The number of carbonyl (C=O) groups excluding carboxylic acids is 1. The third-order valence-corrected chi connectivity index (χ3v) is 4.77. The molecule has 132 valence electrons. The Kier molecular flexibility index (Phi) is 5.87. The molecule has 0 saturated heterocycles. The molecule has 0 bridgehead atoms. The highest BCUT2D eigenvalue weighted by Gasteiger charge is 2.06. The van der Waals surface area contributed by atoms with E-state index in [0.717, 1.165) is 11.4 Å². The molecule has 0 unspecified atom stereocenters. The minimum absolute atomic E-state index is 0.0363. The number of amides is 1. The zero-order chi connectivity index (χ0) is 18.4. The van der Waals surface area contributed by atoms with Gasteiger partial charge in [0, 0.05) is 18.7 Å². The molecule has 3 aromatic rings. The van der Waals surface area contributed by atoms with Crippen LogP contribution in [0, 0.1) is 17.1 Å². The van der Waals surface area contributed by atoms with Gasteiger partial charge in [0.25, 0.3) is 0 Å². The Morgan fingerprint density at radius 1 is 1.27 bits per heavy atom. The van der Waals surface area contributed by atoms with E-state index in [0.29, 0.717) is 41.1 Å². The molecule has 26 heavy (non-hydrogen) atoms. The van der Waals surface area contributed by atoms with Crippen LogP contribution in [0.2, 0.25) is 0 Å². The fourth-order valence-electron chi connectivity index (χ4n) is 2.46. The van der Waals surface area contributed by atoms with Crippen LogP contribution in [0.25, 0.3) is 11.0 Å². The summed E-state index contributed by atoms with van der Waals surface area (Å²) in [5.41, 5.74) is 3.08. The number of aromatic amines is 1. The summed E-state index contributed by atoms with van der Waals surface area (Å²) in [6.45, 7) is 0.471. The van der Waals surface area contributed by atoms with Gasteiger partial charge in [0.05, 0.1) is 28.4 Å². The quantitative estimate of drug-likeness (QED) is 0.671. The molecule has 3 rings (SSSR count).